The molecule has 0 radical (unpaired) electrons. The Labute approximate surface area is 202 Å². The number of pyridine rings is 1. The van der Waals surface area contributed by atoms with E-state index in [-0.39, 0.29) is 17.4 Å². The van der Waals surface area contributed by atoms with Crippen LogP contribution in [0, 0.1) is 0 Å². The quantitative estimate of drug-likeness (QED) is 0.552. The van der Waals surface area contributed by atoms with Crippen molar-refractivity contribution in [1.29, 1.82) is 0 Å². The molecule has 3 aliphatic heterocycles. The van der Waals surface area contributed by atoms with Gasteiger partial charge >= 0.3 is 0 Å². The molecule has 0 unspecified atom stereocenters. The highest BCUT2D eigenvalue weighted by atomic mass is 19.3. The van der Waals surface area contributed by atoms with E-state index >= 15 is 0 Å². The number of halogens is 2. The van der Waals surface area contributed by atoms with Crippen LogP contribution in [0.2, 0.25) is 0 Å². The number of piperazine rings is 1. The van der Waals surface area contributed by atoms with E-state index in [0.29, 0.717) is 31.6 Å². The highest BCUT2D eigenvalue weighted by Gasteiger charge is 2.37. The first-order chi connectivity index (χ1) is 16.5. The molecule has 0 bridgehead atoms. The fraction of sp³-hybridized carbons (Fsp3) is 0.680. The van der Waals surface area contributed by atoms with Gasteiger partial charge in [-0.1, -0.05) is 20.4 Å². The number of amides is 1. The normalized spacial score (nSPS) is 19.4. The van der Waals surface area contributed by atoms with Gasteiger partial charge in [0.15, 0.2) is 11.4 Å². The third kappa shape index (κ3) is 5.79. The Morgan fingerprint density at radius 3 is 2.32 bits per heavy atom. The van der Waals surface area contributed by atoms with E-state index in [4.69, 9.17) is 4.74 Å². The van der Waals surface area contributed by atoms with Crippen LogP contribution in [-0.4, -0.2) is 85.7 Å². The molecule has 0 N–H and O–H groups in total. The van der Waals surface area contributed by atoms with E-state index in [1.54, 1.807) is 6.92 Å². The molecule has 4 rings (SSSR count). The van der Waals surface area contributed by atoms with Crippen LogP contribution in [0.3, 0.4) is 0 Å². The lowest BCUT2D eigenvalue weighted by Gasteiger charge is -2.49. The van der Waals surface area contributed by atoms with E-state index in [0.717, 1.165) is 57.8 Å². The summed E-state index contributed by atoms with van der Waals surface area (Å²) in [6.45, 7) is 15.9. The zero-order valence-corrected chi connectivity index (χ0v) is 20.8. The molecule has 34 heavy (non-hydrogen) atoms. The maximum absolute atomic E-state index is 13.9. The predicted molar refractivity (Wildman–Crippen MR) is 132 cm³/mol. The molecule has 1 amide bonds. The Morgan fingerprint density at radius 1 is 1.12 bits per heavy atom. The third-order valence-electron chi connectivity index (χ3n) is 6.66. The largest absolute Gasteiger partial charge is 0.490 e. The van der Waals surface area contributed by atoms with Gasteiger partial charge in [-0.15, -0.1) is 0 Å². The summed E-state index contributed by atoms with van der Waals surface area (Å²) in [5.74, 6) is 0.810. The zero-order valence-electron chi connectivity index (χ0n) is 20.8. The second-order valence-electron chi connectivity index (χ2n) is 8.62. The third-order valence-corrected chi connectivity index (χ3v) is 6.66. The van der Waals surface area contributed by atoms with Crippen molar-refractivity contribution in [2.45, 2.75) is 52.5 Å². The van der Waals surface area contributed by atoms with E-state index in [1.165, 1.54) is 12.5 Å². The lowest BCUT2D eigenvalue weighted by Crippen LogP contribution is -2.63. The highest BCUT2D eigenvalue weighted by Crippen LogP contribution is 2.41. The first-order valence-corrected chi connectivity index (χ1v) is 12.6. The standard InChI is InChI=1S/C23H33F2N5O2.C2H6/c1-3-20(31)29-12-10-27(11-13-29)17-15-30(16-17)18-14-19(28-8-6-5-7-9-28)26-21(23(24)25)22(18)32-4-2;1-2/h3,14,17,23H,1,4-13,15-16H2,2H3;1-2H3. The summed E-state index contributed by atoms with van der Waals surface area (Å²) >= 11 is 0. The van der Waals surface area contributed by atoms with Crippen molar-refractivity contribution in [3.8, 4) is 5.75 Å². The summed E-state index contributed by atoms with van der Waals surface area (Å²) < 4.78 is 33.6. The molecule has 9 heteroatoms. The summed E-state index contributed by atoms with van der Waals surface area (Å²) in [5.41, 5.74) is 0.458. The van der Waals surface area contributed by atoms with Gasteiger partial charge in [0.25, 0.3) is 6.43 Å². The number of hydrogen-bond donors (Lipinski definition) is 0. The van der Waals surface area contributed by atoms with Crippen LogP contribution in [0.4, 0.5) is 20.3 Å². The van der Waals surface area contributed by atoms with Crippen molar-refractivity contribution in [2.24, 2.45) is 0 Å². The van der Waals surface area contributed by atoms with Crippen LogP contribution in [0.25, 0.3) is 0 Å². The van der Waals surface area contributed by atoms with Crippen molar-refractivity contribution in [3.05, 3.63) is 24.4 Å². The van der Waals surface area contributed by atoms with Gasteiger partial charge in [-0.25, -0.2) is 13.8 Å². The fourth-order valence-electron chi connectivity index (χ4n) is 4.81. The number of carbonyl (C=O) groups is 1. The average Bonchev–Trinajstić information content (AvgIpc) is 2.85. The van der Waals surface area contributed by atoms with Gasteiger partial charge in [0.2, 0.25) is 5.91 Å². The van der Waals surface area contributed by atoms with Crippen molar-refractivity contribution >= 4 is 17.4 Å². The molecule has 0 atom stereocenters. The monoisotopic (exact) mass is 479 g/mol. The van der Waals surface area contributed by atoms with Crippen LogP contribution in [0.15, 0.2) is 18.7 Å². The number of aromatic nitrogens is 1. The minimum atomic E-state index is -2.69. The summed E-state index contributed by atoms with van der Waals surface area (Å²) in [6.07, 6.45) is 1.95. The Morgan fingerprint density at radius 2 is 1.76 bits per heavy atom. The van der Waals surface area contributed by atoms with Gasteiger partial charge in [0, 0.05) is 64.5 Å². The molecule has 7 nitrogen and oxygen atoms in total. The minimum absolute atomic E-state index is 0.0252. The van der Waals surface area contributed by atoms with Crippen LogP contribution in [-0.2, 0) is 4.79 Å². The molecule has 3 saturated heterocycles. The van der Waals surface area contributed by atoms with Gasteiger partial charge in [-0.05, 0) is 32.3 Å². The van der Waals surface area contributed by atoms with Crippen molar-refractivity contribution in [2.75, 3.05) is 68.8 Å². The molecule has 1 aromatic rings. The predicted octanol–water partition coefficient (Wildman–Crippen LogP) is 3.95. The smallest absolute Gasteiger partial charge is 0.284 e. The molecule has 1 aromatic heterocycles. The van der Waals surface area contributed by atoms with Crippen molar-refractivity contribution < 1.29 is 18.3 Å². The number of piperidine rings is 1. The number of rotatable bonds is 7. The second-order valence-corrected chi connectivity index (χ2v) is 8.62. The molecule has 3 fully saturated rings. The van der Waals surface area contributed by atoms with Gasteiger partial charge in [-0.2, -0.15) is 0 Å². The Bertz CT molecular complexity index is 818. The van der Waals surface area contributed by atoms with Crippen LogP contribution < -0.4 is 14.5 Å². The Hall–Kier alpha value is -2.42. The zero-order chi connectivity index (χ0) is 24.7. The topological polar surface area (TPSA) is 52.2 Å². The van der Waals surface area contributed by atoms with Crippen molar-refractivity contribution in [1.82, 2.24) is 14.8 Å². The molecule has 0 spiro atoms. The summed E-state index contributed by atoms with van der Waals surface area (Å²) in [5, 5.41) is 0. The molecular weight excluding hydrogens is 440 g/mol. The summed E-state index contributed by atoms with van der Waals surface area (Å²) in [7, 11) is 0. The molecular formula is C25H39F2N5O2. The molecule has 0 saturated carbocycles. The lowest BCUT2D eigenvalue weighted by molar-refractivity contribution is -0.128. The summed E-state index contributed by atoms with van der Waals surface area (Å²) in [4.78, 5) is 24.6. The number of nitrogens with zero attached hydrogens (tertiary/aromatic N) is 5. The van der Waals surface area contributed by atoms with E-state index in [2.05, 4.69) is 26.3 Å². The SMILES string of the molecule is C=CC(=O)N1CCN(C2CN(c3cc(N4CCCCC4)nc(C(F)F)c3OCC)C2)CC1.CC. The van der Waals surface area contributed by atoms with Gasteiger partial charge < -0.3 is 19.4 Å². The Balaban J connectivity index is 0.00000158. The number of alkyl halides is 2. The van der Waals surface area contributed by atoms with E-state index < -0.39 is 6.43 Å². The first-order valence-electron chi connectivity index (χ1n) is 12.6. The van der Waals surface area contributed by atoms with E-state index in [9.17, 15) is 13.6 Å². The van der Waals surface area contributed by atoms with Gasteiger partial charge in [0.1, 0.15) is 5.82 Å². The number of anilines is 2. The number of ether oxygens (including phenoxy) is 1. The maximum Gasteiger partial charge on any atom is 0.284 e. The fourth-order valence-corrected chi connectivity index (χ4v) is 4.81. The minimum Gasteiger partial charge on any atom is -0.490 e. The number of hydrogen-bond acceptors (Lipinski definition) is 6. The first kappa shape index (κ1) is 26.2. The van der Waals surface area contributed by atoms with E-state index in [1.807, 2.05) is 24.8 Å². The highest BCUT2D eigenvalue weighted by molar-refractivity contribution is 5.87. The second kappa shape index (κ2) is 12.3. The van der Waals surface area contributed by atoms with Crippen LogP contribution in [0.1, 0.15) is 52.2 Å². The maximum atomic E-state index is 13.9. The van der Waals surface area contributed by atoms with Crippen molar-refractivity contribution in [3.63, 3.8) is 0 Å². The molecule has 190 valence electrons. The molecule has 0 aliphatic carbocycles. The van der Waals surface area contributed by atoms with Gasteiger partial charge in [-0.3, -0.25) is 9.69 Å². The summed E-state index contributed by atoms with van der Waals surface area (Å²) in [6, 6.07) is 2.27. The molecule has 4 heterocycles. The Kier molecular flexibility index (Phi) is 9.50. The van der Waals surface area contributed by atoms with Crippen LogP contribution in [0.5, 0.6) is 5.75 Å². The average molecular weight is 480 g/mol. The number of carbonyl (C=O) groups excluding carboxylic acids is 1. The van der Waals surface area contributed by atoms with Gasteiger partial charge in [0.05, 0.1) is 12.3 Å². The lowest BCUT2D eigenvalue weighted by atomic mass is 10.0. The molecule has 0 aromatic carbocycles. The molecule has 3 aliphatic rings. The van der Waals surface area contributed by atoms with Crippen LogP contribution >= 0.6 is 0 Å².